The van der Waals surface area contributed by atoms with Crippen molar-refractivity contribution < 1.29 is 19.1 Å². The minimum Gasteiger partial charge on any atom is -0.497 e. The van der Waals surface area contributed by atoms with Crippen LogP contribution in [-0.4, -0.2) is 68.6 Å². The monoisotopic (exact) mass is 499 g/mol. The van der Waals surface area contributed by atoms with Crippen molar-refractivity contribution >= 4 is 28.6 Å². The summed E-state index contributed by atoms with van der Waals surface area (Å²) in [6.45, 7) is 1.58. The number of ether oxygens (including phenoxy) is 1. The second-order valence-electron chi connectivity index (χ2n) is 9.05. The minimum absolute atomic E-state index is 0.329. The van der Waals surface area contributed by atoms with E-state index in [1.165, 1.54) is 15.9 Å². The molecule has 1 aliphatic heterocycles. The molecule has 2 heterocycles. The number of nitrogens with one attached hydrogen (secondary N) is 1. The fourth-order valence-corrected chi connectivity index (χ4v) is 4.39. The van der Waals surface area contributed by atoms with Gasteiger partial charge in [-0.1, -0.05) is 30.3 Å². The lowest BCUT2D eigenvalue weighted by atomic mass is 9.91. The van der Waals surface area contributed by atoms with Crippen molar-refractivity contribution in [1.29, 1.82) is 0 Å². The van der Waals surface area contributed by atoms with Crippen LogP contribution in [0.2, 0.25) is 0 Å². The number of hydrogen-bond donors (Lipinski definition) is 1. The summed E-state index contributed by atoms with van der Waals surface area (Å²) in [5.74, 6) is -0.0898. The van der Waals surface area contributed by atoms with Gasteiger partial charge in [-0.3, -0.25) is 14.5 Å². The quantitative estimate of drug-likeness (QED) is 0.387. The number of rotatable bonds is 7. The molecule has 3 aromatic carbocycles. The smallest absolute Gasteiger partial charge is 0.325 e. The number of imide groups is 1. The zero-order chi connectivity index (χ0) is 26.2. The molecule has 188 valence electrons. The molecule has 1 fully saturated rings. The number of tetrazole rings is 1. The molecule has 4 aromatic rings. The summed E-state index contributed by atoms with van der Waals surface area (Å²) in [7, 11) is 3.27. The van der Waals surface area contributed by atoms with Crippen LogP contribution in [0.25, 0.3) is 16.5 Å². The van der Waals surface area contributed by atoms with Gasteiger partial charge in [0.1, 0.15) is 24.2 Å². The Morgan fingerprint density at radius 3 is 2.62 bits per heavy atom. The fourth-order valence-electron chi connectivity index (χ4n) is 4.39. The molecule has 0 bridgehead atoms. The van der Waals surface area contributed by atoms with Gasteiger partial charge in [-0.05, 0) is 69.6 Å². The van der Waals surface area contributed by atoms with E-state index in [2.05, 4.69) is 20.8 Å². The van der Waals surface area contributed by atoms with Crippen LogP contribution in [0.15, 0.2) is 67.0 Å². The van der Waals surface area contributed by atoms with Gasteiger partial charge < -0.3 is 15.0 Å². The standard InChI is InChI=1S/C26H25N7O4/c1-26(20-5-4-6-21(13-20)33-16-27-29-30-33)24(35)32(25(36)28-26)15-23(34)31(2)14-17-7-8-19-12-22(37-3)10-9-18(19)11-17/h4-13,16H,14-15H2,1-3H3,(H,28,36). The molecule has 1 atom stereocenters. The first-order chi connectivity index (χ1) is 17.8. The number of nitrogens with zero attached hydrogens (tertiary/aromatic N) is 6. The van der Waals surface area contributed by atoms with Gasteiger partial charge in [-0.15, -0.1) is 5.10 Å². The molecule has 37 heavy (non-hydrogen) atoms. The Balaban J connectivity index is 1.29. The highest BCUT2D eigenvalue weighted by atomic mass is 16.5. The molecule has 5 rings (SSSR count). The maximum atomic E-state index is 13.4. The average molecular weight is 500 g/mol. The maximum absolute atomic E-state index is 13.4. The van der Waals surface area contributed by atoms with Crippen molar-refractivity contribution in [2.24, 2.45) is 0 Å². The van der Waals surface area contributed by atoms with Crippen LogP contribution < -0.4 is 10.1 Å². The minimum atomic E-state index is -1.33. The van der Waals surface area contributed by atoms with Gasteiger partial charge in [0.2, 0.25) is 5.91 Å². The van der Waals surface area contributed by atoms with E-state index >= 15 is 0 Å². The third kappa shape index (κ3) is 4.46. The molecule has 0 aliphatic carbocycles. The zero-order valence-corrected chi connectivity index (χ0v) is 20.6. The second-order valence-corrected chi connectivity index (χ2v) is 9.05. The number of methoxy groups -OCH3 is 1. The third-order valence-electron chi connectivity index (χ3n) is 6.56. The molecule has 0 saturated carbocycles. The van der Waals surface area contributed by atoms with Crippen LogP contribution in [0.5, 0.6) is 5.75 Å². The third-order valence-corrected chi connectivity index (χ3v) is 6.56. The lowest BCUT2D eigenvalue weighted by Crippen LogP contribution is -2.43. The summed E-state index contributed by atoms with van der Waals surface area (Å²) in [6, 6.07) is 18.1. The van der Waals surface area contributed by atoms with Crippen molar-refractivity contribution in [3.8, 4) is 11.4 Å². The maximum Gasteiger partial charge on any atom is 0.325 e. The SMILES string of the molecule is COc1ccc2cc(CN(C)C(=O)CN3C(=O)NC(C)(c4cccc(-n5cnnn5)c4)C3=O)ccc2c1. The van der Waals surface area contributed by atoms with Crippen LogP contribution in [0, 0.1) is 0 Å². The molecule has 1 unspecified atom stereocenters. The fraction of sp³-hybridized carbons (Fsp3) is 0.231. The van der Waals surface area contributed by atoms with Crippen LogP contribution in [0.1, 0.15) is 18.1 Å². The topological polar surface area (TPSA) is 123 Å². The molecule has 11 nitrogen and oxygen atoms in total. The number of carbonyl (C=O) groups excluding carboxylic acids is 3. The van der Waals surface area contributed by atoms with E-state index in [1.54, 1.807) is 45.3 Å². The van der Waals surface area contributed by atoms with Crippen molar-refractivity contribution in [1.82, 2.24) is 35.3 Å². The summed E-state index contributed by atoms with van der Waals surface area (Å²) >= 11 is 0. The van der Waals surface area contributed by atoms with E-state index < -0.39 is 17.5 Å². The van der Waals surface area contributed by atoms with Crippen molar-refractivity contribution in [2.75, 3.05) is 20.7 Å². The van der Waals surface area contributed by atoms with E-state index in [1.807, 2.05) is 36.4 Å². The van der Waals surface area contributed by atoms with Crippen LogP contribution in [0.3, 0.4) is 0 Å². The van der Waals surface area contributed by atoms with E-state index in [9.17, 15) is 14.4 Å². The van der Waals surface area contributed by atoms with E-state index in [4.69, 9.17) is 4.74 Å². The van der Waals surface area contributed by atoms with Crippen LogP contribution in [-0.2, 0) is 21.7 Å². The Morgan fingerprint density at radius 1 is 1.08 bits per heavy atom. The number of benzene rings is 3. The predicted molar refractivity (Wildman–Crippen MR) is 134 cm³/mol. The average Bonchev–Trinajstić information content (AvgIpc) is 3.52. The van der Waals surface area contributed by atoms with Gasteiger partial charge in [0.25, 0.3) is 5.91 Å². The van der Waals surface area contributed by atoms with Gasteiger partial charge >= 0.3 is 6.03 Å². The Hall–Kier alpha value is -4.80. The molecule has 1 aromatic heterocycles. The number of aromatic nitrogens is 4. The zero-order valence-electron chi connectivity index (χ0n) is 20.6. The Morgan fingerprint density at radius 2 is 1.86 bits per heavy atom. The highest BCUT2D eigenvalue weighted by Gasteiger charge is 2.49. The summed E-state index contributed by atoms with van der Waals surface area (Å²) in [4.78, 5) is 41.6. The molecular weight excluding hydrogens is 474 g/mol. The number of amides is 4. The number of carbonyl (C=O) groups is 3. The lowest BCUT2D eigenvalue weighted by Gasteiger charge is -2.24. The number of urea groups is 1. The summed E-state index contributed by atoms with van der Waals surface area (Å²) < 4.78 is 6.72. The van der Waals surface area contributed by atoms with Gasteiger partial charge in [0.05, 0.1) is 12.8 Å². The molecule has 1 N–H and O–H groups in total. The summed E-state index contributed by atoms with van der Waals surface area (Å²) in [5, 5.41) is 15.9. The van der Waals surface area contributed by atoms with Crippen LogP contribution >= 0.6 is 0 Å². The van der Waals surface area contributed by atoms with Crippen molar-refractivity contribution in [3.05, 3.63) is 78.1 Å². The normalized spacial score (nSPS) is 17.2. The summed E-state index contributed by atoms with van der Waals surface area (Å²) in [6.07, 6.45) is 1.43. The Bertz CT molecular complexity index is 1500. The molecule has 1 saturated heterocycles. The predicted octanol–water partition coefficient (Wildman–Crippen LogP) is 2.25. The first-order valence-electron chi connectivity index (χ1n) is 11.6. The van der Waals surface area contributed by atoms with Crippen molar-refractivity contribution in [2.45, 2.75) is 19.0 Å². The highest BCUT2D eigenvalue weighted by molar-refractivity contribution is 6.09. The molecular formula is C26H25N7O4. The molecule has 11 heteroatoms. The lowest BCUT2D eigenvalue weighted by molar-refractivity contribution is -0.138. The van der Waals surface area contributed by atoms with Crippen LogP contribution in [0.4, 0.5) is 4.79 Å². The first-order valence-corrected chi connectivity index (χ1v) is 11.6. The van der Waals surface area contributed by atoms with E-state index in [0.29, 0.717) is 17.8 Å². The van der Waals surface area contributed by atoms with E-state index in [0.717, 1.165) is 27.0 Å². The highest BCUT2D eigenvalue weighted by Crippen LogP contribution is 2.30. The molecule has 1 aliphatic rings. The summed E-state index contributed by atoms with van der Waals surface area (Å²) in [5.41, 5.74) is 0.776. The molecule has 0 radical (unpaired) electrons. The first kappa shape index (κ1) is 23.9. The molecule has 4 amide bonds. The van der Waals surface area contributed by atoms with Gasteiger partial charge in [-0.2, -0.15) is 0 Å². The number of likely N-dealkylation sites (N-methyl/N-ethyl adjacent to an activating group) is 1. The van der Waals surface area contributed by atoms with E-state index in [-0.39, 0.29) is 12.5 Å². The second kappa shape index (κ2) is 9.34. The Kier molecular flexibility index (Phi) is 6.04. The number of fused-ring (bicyclic) bond motifs is 1. The largest absolute Gasteiger partial charge is 0.497 e. The number of hydrogen-bond acceptors (Lipinski definition) is 7. The van der Waals surface area contributed by atoms with Crippen molar-refractivity contribution in [3.63, 3.8) is 0 Å². The van der Waals surface area contributed by atoms with Gasteiger partial charge in [0, 0.05) is 13.6 Å². The Labute approximate surface area is 212 Å². The van der Waals surface area contributed by atoms with Gasteiger partial charge in [0.15, 0.2) is 0 Å². The van der Waals surface area contributed by atoms with Gasteiger partial charge in [-0.25, -0.2) is 9.48 Å². The molecule has 0 spiro atoms.